The predicted molar refractivity (Wildman–Crippen MR) is 129 cm³/mol. The monoisotopic (exact) mass is 565 g/mol. The number of hydrogen-bond acceptors (Lipinski definition) is 3. The van der Waals surface area contributed by atoms with E-state index in [2.05, 4.69) is 20.7 Å². The van der Waals surface area contributed by atoms with Gasteiger partial charge in [0, 0.05) is 37.3 Å². The van der Waals surface area contributed by atoms with Gasteiger partial charge in [-0.3, -0.25) is 4.68 Å². The lowest BCUT2D eigenvalue weighted by molar-refractivity contribution is -0.137. The van der Waals surface area contributed by atoms with Crippen molar-refractivity contribution in [3.05, 3.63) is 53.3 Å². The van der Waals surface area contributed by atoms with E-state index in [1.165, 1.54) is 12.1 Å². The number of nitrogens with zero attached hydrogens (tertiary/aromatic N) is 3. The molecule has 0 amide bonds. The molecule has 1 unspecified atom stereocenters. The number of aliphatic hydroxyl groups is 1. The van der Waals surface area contributed by atoms with Crippen LogP contribution in [0.3, 0.4) is 0 Å². The first-order valence-electron chi connectivity index (χ1n) is 10.5. The minimum Gasteiger partial charge on any atom is -0.383 e. The van der Waals surface area contributed by atoms with Gasteiger partial charge < -0.3 is 15.7 Å². The smallest absolute Gasteiger partial charge is 0.383 e. The van der Waals surface area contributed by atoms with E-state index >= 15 is 0 Å². The molecule has 10 heteroatoms. The maximum absolute atomic E-state index is 13.2. The molecule has 1 aliphatic carbocycles. The lowest BCUT2D eigenvalue weighted by atomic mass is 9.64. The van der Waals surface area contributed by atoms with Crippen LogP contribution >= 0.6 is 24.0 Å². The summed E-state index contributed by atoms with van der Waals surface area (Å²) in [6, 6.07) is 5.61. The highest BCUT2D eigenvalue weighted by atomic mass is 127. The Hall–Kier alpha value is -1.82. The SMILES string of the molecule is CCNC(=NCC(C)(O)c1cnn(C)c1)NCC1(c2cccc(C(F)(F)F)c2)CCC1.I. The van der Waals surface area contributed by atoms with Crippen molar-refractivity contribution in [3.63, 3.8) is 0 Å². The number of guanidine groups is 1. The number of halogens is 4. The van der Waals surface area contributed by atoms with Gasteiger partial charge in [0.1, 0.15) is 5.60 Å². The summed E-state index contributed by atoms with van der Waals surface area (Å²) >= 11 is 0. The molecule has 3 N–H and O–H groups in total. The third kappa shape index (κ3) is 6.15. The molecule has 0 radical (unpaired) electrons. The highest BCUT2D eigenvalue weighted by molar-refractivity contribution is 14.0. The van der Waals surface area contributed by atoms with Crippen LogP contribution in [0.15, 0.2) is 41.7 Å². The molecule has 1 heterocycles. The molecule has 6 nitrogen and oxygen atoms in total. The Morgan fingerprint density at radius 1 is 1.25 bits per heavy atom. The van der Waals surface area contributed by atoms with Crippen LogP contribution in [0.2, 0.25) is 0 Å². The molecular weight excluding hydrogens is 534 g/mol. The molecule has 1 saturated carbocycles. The van der Waals surface area contributed by atoms with Crippen LogP contribution in [-0.4, -0.2) is 40.5 Å². The van der Waals surface area contributed by atoms with Crippen LogP contribution in [0.1, 0.15) is 49.8 Å². The second-order valence-corrected chi connectivity index (χ2v) is 8.44. The van der Waals surface area contributed by atoms with Gasteiger partial charge in [0.2, 0.25) is 0 Å². The highest BCUT2D eigenvalue weighted by Crippen LogP contribution is 2.44. The van der Waals surface area contributed by atoms with Crippen molar-refractivity contribution in [2.75, 3.05) is 19.6 Å². The van der Waals surface area contributed by atoms with Crippen molar-refractivity contribution >= 4 is 29.9 Å². The number of aromatic nitrogens is 2. The summed E-state index contributed by atoms with van der Waals surface area (Å²) in [5.74, 6) is 0.518. The Balaban J connectivity index is 0.00000363. The molecule has 0 aliphatic heterocycles. The van der Waals surface area contributed by atoms with Crippen LogP contribution < -0.4 is 10.6 Å². The van der Waals surface area contributed by atoms with E-state index in [-0.39, 0.29) is 35.9 Å². The number of alkyl halides is 3. The van der Waals surface area contributed by atoms with E-state index in [0.717, 1.165) is 25.3 Å². The fraction of sp³-hybridized carbons (Fsp3) is 0.545. The van der Waals surface area contributed by atoms with Gasteiger partial charge in [0.25, 0.3) is 0 Å². The Morgan fingerprint density at radius 2 is 1.97 bits per heavy atom. The summed E-state index contributed by atoms with van der Waals surface area (Å²) in [5, 5.41) is 21.3. The summed E-state index contributed by atoms with van der Waals surface area (Å²) in [6.07, 6.45) is 1.59. The number of aryl methyl sites for hydroxylation is 1. The normalized spacial score (nSPS) is 17.7. The molecule has 1 aliphatic rings. The molecule has 32 heavy (non-hydrogen) atoms. The molecule has 3 rings (SSSR count). The summed E-state index contributed by atoms with van der Waals surface area (Å²) in [5.41, 5.74) is -0.813. The minimum absolute atomic E-state index is 0. The van der Waals surface area contributed by atoms with Crippen LogP contribution in [-0.2, 0) is 24.2 Å². The first-order chi connectivity index (χ1) is 14.6. The van der Waals surface area contributed by atoms with Gasteiger partial charge in [0.05, 0.1) is 18.3 Å². The van der Waals surface area contributed by atoms with Gasteiger partial charge in [-0.2, -0.15) is 18.3 Å². The fourth-order valence-electron chi connectivity index (χ4n) is 3.81. The molecule has 2 aromatic rings. The lowest BCUT2D eigenvalue weighted by Gasteiger charge is -2.43. The van der Waals surface area contributed by atoms with E-state index in [4.69, 9.17) is 0 Å². The van der Waals surface area contributed by atoms with Crippen molar-refractivity contribution in [3.8, 4) is 0 Å². The average Bonchev–Trinajstić information content (AvgIpc) is 3.12. The zero-order chi connectivity index (χ0) is 22.7. The van der Waals surface area contributed by atoms with Crippen LogP contribution in [0.25, 0.3) is 0 Å². The molecule has 1 atom stereocenters. The summed E-state index contributed by atoms with van der Waals surface area (Å²) in [4.78, 5) is 4.51. The van der Waals surface area contributed by atoms with E-state index in [1.807, 2.05) is 6.92 Å². The van der Waals surface area contributed by atoms with Crippen molar-refractivity contribution in [2.45, 2.75) is 50.3 Å². The van der Waals surface area contributed by atoms with Gasteiger partial charge in [0.15, 0.2) is 5.96 Å². The molecular formula is C22H31F3IN5O. The zero-order valence-electron chi connectivity index (χ0n) is 18.5. The van der Waals surface area contributed by atoms with Gasteiger partial charge >= 0.3 is 6.18 Å². The van der Waals surface area contributed by atoms with Gasteiger partial charge in [-0.1, -0.05) is 24.6 Å². The summed E-state index contributed by atoms with van der Waals surface area (Å²) < 4.78 is 41.1. The minimum atomic E-state index is -4.36. The van der Waals surface area contributed by atoms with Crippen molar-refractivity contribution in [1.82, 2.24) is 20.4 Å². The molecule has 1 aromatic heterocycles. The average molecular weight is 565 g/mol. The third-order valence-electron chi connectivity index (χ3n) is 5.92. The van der Waals surface area contributed by atoms with Gasteiger partial charge in [-0.05, 0) is 38.3 Å². The number of aliphatic imine (C=N–C) groups is 1. The molecule has 0 saturated heterocycles. The second-order valence-electron chi connectivity index (χ2n) is 8.44. The topological polar surface area (TPSA) is 74.5 Å². The Bertz CT molecular complexity index is 922. The van der Waals surface area contributed by atoms with E-state index in [1.54, 1.807) is 37.1 Å². The van der Waals surface area contributed by atoms with Gasteiger partial charge in [-0.15, -0.1) is 24.0 Å². The Kier molecular flexibility index (Phi) is 8.60. The van der Waals surface area contributed by atoms with Crippen molar-refractivity contribution in [1.29, 1.82) is 0 Å². The van der Waals surface area contributed by atoms with Crippen LogP contribution in [0, 0.1) is 0 Å². The molecule has 1 aromatic carbocycles. The van der Waals surface area contributed by atoms with E-state index in [0.29, 0.717) is 30.2 Å². The number of rotatable bonds is 7. The molecule has 0 spiro atoms. The van der Waals surface area contributed by atoms with Crippen LogP contribution in [0.5, 0.6) is 0 Å². The van der Waals surface area contributed by atoms with Gasteiger partial charge in [-0.25, -0.2) is 4.99 Å². The summed E-state index contributed by atoms with van der Waals surface area (Å²) in [7, 11) is 1.78. The first-order valence-corrected chi connectivity index (χ1v) is 10.5. The first kappa shape index (κ1) is 26.4. The highest BCUT2D eigenvalue weighted by Gasteiger charge is 2.40. The Morgan fingerprint density at radius 3 is 2.50 bits per heavy atom. The molecule has 0 bridgehead atoms. The van der Waals surface area contributed by atoms with Crippen LogP contribution in [0.4, 0.5) is 13.2 Å². The number of hydrogen-bond donors (Lipinski definition) is 3. The largest absolute Gasteiger partial charge is 0.416 e. The molecule has 1 fully saturated rings. The predicted octanol–water partition coefficient (Wildman–Crippen LogP) is 3.94. The third-order valence-corrected chi connectivity index (χ3v) is 5.92. The van der Waals surface area contributed by atoms with Crippen molar-refractivity contribution < 1.29 is 18.3 Å². The number of nitrogens with one attached hydrogen (secondary N) is 2. The zero-order valence-corrected chi connectivity index (χ0v) is 20.9. The maximum Gasteiger partial charge on any atom is 0.416 e. The fourth-order valence-corrected chi connectivity index (χ4v) is 3.81. The maximum atomic E-state index is 13.2. The quantitative estimate of drug-likeness (QED) is 0.270. The molecule has 178 valence electrons. The van der Waals surface area contributed by atoms with E-state index < -0.39 is 17.3 Å². The standard InChI is InChI=1S/C22H30F3N5O.HI/c1-4-26-19(27-14-20(2,31)18-12-29-30(3)13-18)28-15-21(9-6-10-21)16-7-5-8-17(11-16)22(23,24)25;/h5,7-8,11-13,31H,4,6,9-10,14-15H2,1-3H3,(H2,26,27,28);1H. The lowest BCUT2D eigenvalue weighted by Crippen LogP contribution is -2.49. The Labute approximate surface area is 203 Å². The van der Waals surface area contributed by atoms with Crippen molar-refractivity contribution in [2.24, 2.45) is 12.0 Å². The van der Waals surface area contributed by atoms with E-state index in [9.17, 15) is 18.3 Å². The number of benzene rings is 1. The second kappa shape index (κ2) is 10.4. The summed E-state index contributed by atoms with van der Waals surface area (Å²) in [6.45, 7) is 4.81.